The highest BCUT2D eigenvalue weighted by atomic mass is 16.1. The van der Waals surface area contributed by atoms with Crippen molar-refractivity contribution < 1.29 is 4.79 Å². The Bertz CT molecular complexity index is 561. The Morgan fingerprint density at radius 1 is 1.10 bits per heavy atom. The predicted molar refractivity (Wildman–Crippen MR) is 80.5 cm³/mol. The highest BCUT2D eigenvalue weighted by Gasteiger charge is 2.03. The van der Waals surface area contributed by atoms with Gasteiger partial charge in [-0.1, -0.05) is 6.07 Å². The van der Waals surface area contributed by atoms with Crippen LogP contribution in [0.3, 0.4) is 0 Å². The topological polar surface area (TPSA) is 54.0 Å². The maximum Gasteiger partial charge on any atom is 0.238 e. The smallest absolute Gasteiger partial charge is 0.238 e. The zero-order valence-electron chi connectivity index (χ0n) is 11.8. The van der Waals surface area contributed by atoms with E-state index < -0.39 is 0 Å². The second-order valence-corrected chi connectivity index (χ2v) is 4.88. The number of carbonyl (C=O) groups is 1. The first-order valence-corrected chi connectivity index (χ1v) is 6.61. The number of hydrogen-bond donors (Lipinski definition) is 2. The lowest BCUT2D eigenvalue weighted by atomic mass is 10.1. The van der Waals surface area contributed by atoms with Gasteiger partial charge in [0.1, 0.15) is 0 Å². The van der Waals surface area contributed by atoms with E-state index >= 15 is 0 Å². The van der Waals surface area contributed by atoms with E-state index in [0.717, 1.165) is 22.4 Å². The van der Waals surface area contributed by atoms with E-state index in [4.69, 9.17) is 0 Å². The van der Waals surface area contributed by atoms with Crippen LogP contribution in [0.15, 0.2) is 42.7 Å². The molecule has 0 bridgehead atoms. The third-order valence-electron chi connectivity index (χ3n) is 2.87. The largest absolute Gasteiger partial charge is 0.325 e. The van der Waals surface area contributed by atoms with Crippen molar-refractivity contribution in [2.45, 2.75) is 20.4 Å². The molecule has 1 heterocycles. The fourth-order valence-electron chi connectivity index (χ4n) is 2.07. The van der Waals surface area contributed by atoms with Gasteiger partial charge in [-0.15, -0.1) is 0 Å². The number of amides is 1. The molecule has 104 valence electrons. The number of benzene rings is 1. The van der Waals surface area contributed by atoms with E-state index in [1.54, 1.807) is 12.4 Å². The molecule has 0 spiro atoms. The van der Waals surface area contributed by atoms with Crippen LogP contribution in [0.4, 0.5) is 5.69 Å². The van der Waals surface area contributed by atoms with Gasteiger partial charge in [0.2, 0.25) is 5.91 Å². The molecule has 0 saturated heterocycles. The quantitative estimate of drug-likeness (QED) is 0.876. The van der Waals surface area contributed by atoms with Gasteiger partial charge in [-0.05, 0) is 54.8 Å². The normalized spacial score (nSPS) is 10.3. The van der Waals surface area contributed by atoms with Gasteiger partial charge >= 0.3 is 0 Å². The highest BCUT2D eigenvalue weighted by Crippen LogP contribution is 2.13. The first kappa shape index (κ1) is 14.2. The van der Waals surface area contributed by atoms with Crippen molar-refractivity contribution in [2.75, 3.05) is 11.9 Å². The number of anilines is 1. The summed E-state index contributed by atoms with van der Waals surface area (Å²) in [7, 11) is 0. The van der Waals surface area contributed by atoms with Gasteiger partial charge in [0.05, 0.1) is 6.54 Å². The van der Waals surface area contributed by atoms with Crippen LogP contribution in [0, 0.1) is 13.8 Å². The van der Waals surface area contributed by atoms with Gasteiger partial charge in [-0.25, -0.2) is 0 Å². The minimum atomic E-state index is -0.0379. The molecule has 0 aliphatic carbocycles. The second-order valence-electron chi connectivity index (χ2n) is 4.88. The van der Waals surface area contributed by atoms with Crippen molar-refractivity contribution in [3.05, 3.63) is 59.4 Å². The molecule has 0 atom stereocenters. The summed E-state index contributed by atoms with van der Waals surface area (Å²) in [6.45, 7) is 4.98. The fraction of sp³-hybridized carbons (Fsp3) is 0.250. The Balaban J connectivity index is 1.81. The van der Waals surface area contributed by atoms with Gasteiger partial charge in [-0.2, -0.15) is 0 Å². The van der Waals surface area contributed by atoms with Crippen LogP contribution in [-0.2, 0) is 11.3 Å². The number of rotatable bonds is 5. The van der Waals surface area contributed by atoms with E-state index in [1.807, 2.05) is 38.1 Å². The van der Waals surface area contributed by atoms with Crippen LogP contribution in [0.1, 0.15) is 16.7 Å². The monoisotopic (exact) mass is 269 g/mol. The average Bonchev–Trinajstić information content (AvgIpc) is 2.38. The lowest BCUT2D eigenvalue weighted by molar-refractivity contribution is -0.115. The molecule has 0 saturated carbocycles. The summed E-state index contributed by atoms with van der Waals surface area (Å²) < 4.78 is 0. The summed E-state index contributed by atoms with van der Waals surface area (Å²) >= 11 is 0. The van der Waals surface area contributed by atoms with Crippen molar-refractivity contribution in [2.24, 2.45) is 0 Å². The molecule has 0 aliphatic heterocycles. The van der Waals surface area contributed by atoms with Gasteiger partial charge in [-0.3, -0.25) is 9.78 Å². The molecule has 4 nitrogen and oxygen atoms in total. The zero-order valence-corrected chi connectivity index (χ0v) is 11.8. The molecular weight excluding hydrogens is 250 g/mol. The molecule has 0 aliphatic rings. The zero-order chi connectivity index (χ0) is 14.4. The number of hydrogen-bond acceptors (Lipinski definition) is 3. The summed E-state index contributed by atoms with van der Waals surface area (Å²) in [4.78, 5) is 15.8. The first-order valence-electron chi connectivity index (χ1n) is 6.61. The predicted octanol–water partition coefficient (Wildman–Crippen LogP) is 2.43. The van der Waals surface area contributed by atoms with E-state index in [1.165, 1.54) is 0 Å². The number of carbonyl (C=O) groups excluding carboxylic acids is 1. The van der Waals surface area contributed by atoms with Gasteiger partial charge in [0.25, 0.3) is 0 Å². The Kier molecular flexibility index (Phi) is 4.85. The van der Waals surface area contributed by atoms with E-state index in [2.05, 4.69) is 21.7 Å². The maximum atomic E-state index is 11.8. The number of pyridine rings is 1. The molecule has 2 rings (SSSR count). The summed E-state index contributed by atoms with van der Waals surface area (Å²) in [6, 6.07) is 9.86. The lowest BCUT2D eigenvalue weighted by Crippen LogP contribution is -2.27. The minimum Gasteiger partial charge on any atom is -0.325 e. The molecule has 0 radical (unpaired) electrons. The first-order chi connectivity index (χ1) is 9.63. The van der Waals surface area contributed by atoms with Crippen molar-refractivity contribution in [1.82, 2.24) is 10.3 Å². The van der Waals surface area contributed by atoms with Gasteiger partial charge in [0, 0.05) is 24.6 Å². The molecule has 2 N–H and O–H groups in total. The van der Waals surface area contributed by atoms with Crippen molar-refractivity contribution in [3.8, 4) is 0 Å². The van der Waals surface area contributed by atoms with Crippen molar-refractivity contribution in [3.63, 3.8) is 0 Å². The summed E-state index contributed by atoms with van der Waals surface area (Å²) in [5.74, 6) is -0.0379. The standard InChI is InChI=1S/C16H19N3O/c1-12-7-13(2)9-15(8-12)19-16(20)11-18-10-14-3-5-17-6-4-14/h3-9,18H,10-11H2,1-2H3,(H,19,20). The summed E-state index contributed by atoms with van der Waals surface area (Å²) in [5.41, 5.74) is 4.24. The molecular formula is C16H19N3O. The Hall–Kier alpha value is -2.20. The molecule has 2 aromatic rings. The van der Waals surface area contributed by atoms with Gasteiger partial charge < -0.3 is 10.6 Å². The molecule has 0 unspecified atom stereocenters. The SMILES string of the molecule is Cc1cc(C)cc(NC(=O)CNCc2ccncc2)c1. The highest BCUT2D eigenvalue weighted by molar-refractivity contribution is 5.92. The molecule has 0 fully saturated rings. The molecule has 20 heavy (non-hydrogen) atoms. The number of nitrogens with one attached hydrogen (secondary N) is 2. The van der Waals surface area contributed by atoms with Crippen LogP contribution in [0.5, 0.6) is 0 Å². The molecule has 1 aromatic carbocycles. The van der Waals surface area contributed by atoms with Crippen molar-refractivity contribution in [1.29, 1.82) is 0 Å². The Morgan fingerprint density at radius 2 is 1.75 bits per heavy atom. The van der Waals surface area contributed by atoms with Crippen LogP contribution in [0.25, 0.3) is 0 Å². The number of aromatic nitrogens is 1. The van der Waals surface area contributed by atoms with Crippen LogP contribution >= 0.6 is 0 Å². The maximum absolute atomic E-state index is 11.8. The van der Waals surface area contributed by atoms with E-state index in [-0.39, 0.29) is 12.5 Å². The molecule has 1 aromatic heterocycles. The van der Waals surface area contributed by atoms with Gasteiger partial charge in [0.15, 0.2) is 0 Å². The summed E-state index contributed by atoms with van der Waals surface area (Å²) in [6.07, 6.45) is 3.49. The van der Waals surface area contributed by atoms with E-state index in [9.17, 15) is 4.79 Å². The molecule has 4 heteroatoms. The Labute approximate surface area is 119 Å². The van der Waals surface area contributed by atoms with Crippen LogP contribution in [0.2, 0.25) is 0 Å². The fourth-order valence-corrected chi connectivity index (χ4v) is 2.07. The minimum absolute atomic E-state index is 0.0379. The number of nitrogens with zero attached hydrogens (tertiary/aromatic N) is 1. The van der Waals surface area contributed by atoms with Crippen LogP contribution < -0.4 is 10.6 Å². The lowest BCUT2D eigenvalue weighted by Gasteiger charge is -2.08. The van der Waals surface area contributed by atoms with E-state index in [0.29, 0.717) is 6.54 Å². The molecule has 1 amide bonds. The second kappa shape index (κ2) is 6.82. The Morgan fingerprint density at radius 3 is 2.40 bits per heavy atom. The van der Waals surface area contributed by atoms with Crippen LogP contribution in [-0.4, -0.2) is 17.4 Å². The number of aryl methyl sites for hydroxylation is 2. The third-order valence-corrected chi connectivity index (χ3v) is 2.87. The average molecular weight is 269 g/mol. The third kappa shape index (κ3) is 4.48. The summed E-state index contributed by atoms with van der Waals surface area (Å²) in [5, 5.41) is 6.01. The van der Waals surface area contributed by atoms with Crippen molar-refractivity contribution >= 4 is 11.6 Å².